The van der Waals surface area contributed by atoms with Crippen molar-refractivity contribution in [3.63, 3.8) is 0 Å². The normalized spacial score (nSPS) is 19.2. The molecule has 0 spiro atoms. The quantitative estimate of drug-likeness (QED) is 0.663. The van der Waals surface area contributed by atoms with Gasteiger partial charge >= 0.3 is 0 Å². The largest absolute Gasteiger partial charge is 0.370 e. The van der Waals surface area contributed by atoms with Gasteiger partial charge in [0.25, 0.3) is 0 Å². The lowest BCUT2D eigenvalue weighted by Crippen LogP contribution is -2.41. The maximum absolute atomic E-state index is 6.01. The van der Waals surface area contributed by atoms with Crippen molar-refractivity contribution in [2.24, 2.45) is 16.6 Å². The summed E-state index contributed by atoms with van der Waals surface area (Å²) >= 11 is 0. The molecule has 1 unspecified atom stereocenters. The highest BCUT2D eigenvalue weighted by Crippen LogP contribution is 2.18. The van der Waals surface area contributed by atoms with Gasteiger partial charge in [-0.15, -0.1) is 0 Å². The summed E-state index contributed by atoms with van der Waals surface area (Å²) in [6.07, 6.45) is 2.59. The summed E-state index contributed by atoms with van der Waals surface area (Å²) in [5.74, 6) is 1.36. The molecule has 0 radical (unpaired) electrons. The van der Waals surface area contributed by atoms with Crippen molar-refractivity contribution in [3.05, 3.63) is 29.3 Å². The van der Waals surface area contributed by atoms with Gasteiger partial charge in [0, 0.05) is 11.7 Å². The van der Waals surface area contributed by atoms with Gasteiger partial charge in [0.15, 0.2) is 5.96 Å². The molecule has 1 fully saturated rings. The van der Waals surface area contributed by atoms with E-state index >= 15 is 0 Å². The lowest BCUT2D eigenvalue weighted by atomic mass is 9.98. The van der Waals surface area contributed by atoms with Crippen LogP contribution in [0.15, 0.2) is 23.2 Å². The molecule has 1 atom stereocenters. The van der Waals surface area contributed by atoms with Gasteiger partial charge in [-0.3, -0.25) is 9.89 Å². The first-order valence-corrected chi connectivity index (χ1v) is 8.34. The Bertz CT molecular complexity index is 516. The number of guanidine groups is 1. The van der Waals surface area contributed by atoms with E-state index in [1.165, 1.54) is 37.1 Å². The van der Waals surface area contributed by atoms with Gasteiger partial charge in [0.2, 0.25) is 0 Å². The van der Waals surface area contributed by atoms with E-state index in [1.807, 2.05) is 6.07 Å². The van der Waals surface area contributed by atoms with Crippen molar-refractivity contribution in [3.8, 4) is 0 Å². The van der Waals surface area contributed by atoms with Crippen LogP contribution < -0.4 is 11.1 Å². The number of hydrogen-bond donors (Lipinski definition) is 2. The average molecular weight is 302 g/mol. The number of rotatable bonds is 4. The van der Waals surface area contributed by atoms with Crippen LogP contribution in [0.3, 0.4) is 0 Å². The number of aryl methyl sites for hydroxylation is 2. The van der Waals surface area contributed by atoms with Crippen LogP contribution in [0.5, 0.6) is 0 Å². The van der Waals surface area contributed by atoms with Gasteiger partial charge in [-0.05, 0) is 75.9 Å². The van der Waals surface area contributed by atoms with Crippen molar-refractivity contribution in [2.75, 3.05) is 25.0 Å². The van der Waals surface area contributed by atoms with Crippen LogP contribution in [-0.4, -0.2) is 36.5 Å². The molecule has 0 aliphatic carbocycles. The monoisotopic (exact) mass is 302 g/mol. The molecule has 22 heavy (non-hydrogen) atoms. The third-order valence-electron chi connectivity index (χ3n) is 4.75. The third-order valence-corrected chi connectivity index (χ3v) is 4.75. The van der Waals surface area contributed by atoms with Crippen LogP contribution in [0.25, 0.3) is 0 Å². The predicted molar refractivity (Wildman–Crippen MR) is 95.5 cm³/mol. The number of anilines is 1. The van der Waals surface area contributed by atoms with Crippen molar-refractivity contribution >= 4 is 11.6 Å². The Morgan fingerprint density at radius 3 is 2.64 bits per heavy atom. The second-order valence-corrected chi connectivity index (χ2v) is 6.72. The third kappa shape index (κ3) is 4.73. The van der Waals surface area contributed by atoms with Gasteiger partial charge in [0.05, 0.1) is 6.54 Å². The first-order chi connectivity index (χ1) is 10.5. The van der Waals surface area contributed by atoms with Crippen LogP contribution in [0, 0.1) is 19.8 Å². The molecule has 4 nitrogen and oxygen atoms in total. The summed E-state index contributed by atoms with van der Waals surface area (Å²) in [4.78, 5) is 7.03. The first kappa shape index (κ1) is 16.8. The molecular weight excluding hydrogens is 272 g/mol. The SMILES string of the molecule is Cc1ccc(NC(N)=NCC(C)N2CCC(C)CC2)cc1C. The van der Waals surface area contributed by atoms with E-state index < -0.39 is 0 Å². The zero-order chi connectivity index (χ0) is 16.1. The fourth-order valence-corrected chi connectivity index (χ4v) is 2.82. The smallest absolute Gasteiger partial charge is 0.193 e. The maximum Gasteiger partial charge on any atom is 0.193 e. The van der Waals surface area contributed by atoms with E-state index in [1.54, 1.807) is 0 Å². The molecule has 1 aliphatic heterocycles. The second kappa shape index (κ2) is 7.63. The second-order valence-electron chi connectivity index (χ2n) is 6.72. The maximum atomic E-state index is 6.01. The molecule has 0 saturated carbocycles. The fraction of sp³-hybridized carbons (Fsp3) is 0.611. The van der Waals surface area contributed by atoms with Crippen LogP contribution in [-0.2, 0) is 0 Å². The summed E-state index contributed by atoms with van der Waals surface area (Å²) in [5.41, 5.74) is 9.56. The Balaban J connectivity index is 1.85. The molecule has 1 aromatic carbocycles. The van der Waals surface area contributed by atoms with E-state index in [-0.39, 0.29) is 0 Å². The Morgan fingerprint density at radius 1 is 1.32 bits per heavy atom. The molecule has 0 bridgehead atoms. The van der Waals surface area contributed by atoms with E-state index in [0.717, 1.165) is 18.2 Å². The minimum atomic E-state index is 0.451. The summed E-state index contributed by atoms with van der Waals surface area (Å²) in [5, 5.41) is 3.18. The number of nitrogens with one attached hydrogen (secondary N) is 1. The molecule has 1 heterocycles. The Morgan fingerprint density at radius 2 is 2.00 bits per heavy atom. The number of benzene rings is 1. The van der Waals surface area contributed by atoms with Crippen LogP contribution in [0.4, 0.5) is 5.69 Å². The highest BCUT2D eigenvalue weighted by molar-refractivity contribution is 5.92. The summed E-state index contributed by atoms with van der Waals surface area (Å²) in [6.45, 7) is 11.9. The van der Waals surface area contributed by atoms with Crippen molar-refractivity contribution in [2.45, 2.75) is 46.6 Å². The van der Waals surface area contributed by atoms with Gasteiger partial charge in [0.1, 0.15) is 0 Å². The Kier molecular flexibility index (Phi) is 5.83. The van der Waals surface area contributed by atoms with Crippen molar-refractivity contribution in [1.29, 1.82) is 0 Å². The van der Waals surface area contributed by atoms with Gasteiger partial charge in [-0.1, -0.05) is 13.0 Å². The minimum absolute atomic E-state index is 0.451. The molecule has 2 rings (SSSR count). The van der Waals surface area contributed by atoms with E-state index in [4.69, 9.17) is 5.73 Å². The molecular formula is C18H30N4. The van der Waals surface area contributed by atoms with Gasteiger partial charge in [-0.2, -0.15) is 0 Å². The standard InChI is InChI=1S/C18H30N4/c1-13-7-9-22(10-8-13)16(4)12-20-18(19)21-17-6-5-14(2)15(3)11-17/h5-6,11,13,16H,7-10,12H2,1-4H3,(H3,19,20,21). The van der Waals surface area contributed by atoms with E-state index in [9.17, 15) is 0 Å². The predicted octanol–water partition coefficient (Wildman–Crippen LogP) is 3.15. The summed E-state index contributed by atoms with van der Waals surface area (Å²) in [7, 11) is 0. The Hall–Kier alpha value is -1.55. The van der Waals surface area contributed by atoms with Crippen LogP contribution in [0.2, 0.25) is 0 Å². The first-order valence-electron chi connectivity index (χ1n) is 8.34. The molecule has 3 N–H and O–H groups in total. The molecule has 122 valence electrons. The molecule has 1 saturated heterocycles. The van der Waals surface area contributed by atoms with Crippen LogP contribution >= 0.6 is 0 Å². The number of aliphatic imine (C=N–C) groups is 1. The molecule has 1 aromatic rings. The lowest BCUT2D eigenvalue weighted by Gasteiger charge is -2.34. The molecule has 1 aliphatic rings. The fourth-order valence-electron chi connectivity index (χ4n) is 2.82. The number of nitrogens with two attached hydrogens (primary N) is 1. The van der Waals surface area contributed by atoms with E-state index in [0.29, 0.717) is 12.0 Å². The number of nitrogens with zero attached hydrogens (tertiary/aromatic N) is 2. The minimum Gasteiger partial charge on any atom is -0.370 e. The van der Waals surface area contributed by atoms with Gasteiger partial charge < -0.3 is 11.1 Å². The van der Waals surface area contributed by atoms with Crippen LogP contribution in [0.1, 0.15) is 37.8 Å². The van der Waals surface area contributed by atoms with E-state index in [2.05, 4.69) is 55.0 Å². The van der Waals surface area contributed by atoms with Crippen molar-refractivity contribution in [1.82, 2.24) is 4.90 Å². The van der Waals surface area contributed by atoms with Gasteiger partial charge in [-0.25, -0.2) is 0 Å². The topological polar surface area (TPSA) is 53.6 Å². The summed E-state index contributed by atoms with van der Waals surface area (Å²) < 4.78 is 0. The zero-order valence-corrected chi connectivity index (χ0v) is 14.4. The highest BCUT2D eigenvalue weighted by Gasteiger charge is 2.19. The summed E-state index contributed by atoms with van der Waals surface area (Å²) in [6, 6.07) is 6.70. The molecule has 0 aromatic heterocycles. The molecule has 4 heteroatoms. The number of hydrogen-bond acceptors (Lipinski definition) is 2. The average Bonchev–Trinajstić information content (AvgIpc) is 2.49. The highest BCUT2D eigenvalue weighted by atomic mass is 15.2. The number of likely N-dealkylation sites (tertiary alicyclic amines) is 1. The Labute approximate surface area is 134 Å². The molecule has 0 amide bonds. The van der Waals surface area contributed by atoms with Crippen molar-refractivity contribution < 1.29 is 0 Å². The zero-order valence-electron chi connectivity index (χ0n) is 14.4. The number of piperidine rings is 1. The lowest BCUT2D eigenvalue weighted by molar-refractivity contribution is 0.150.